The molecule has 0 aliphatic carbocycles. The van der Waals surface area contributed by atoms with Crippen molar-refractivity contribution in [3.63, 3.8) is 0 Å². The zero-order valence-corrected chi connectivity index (χ0v) is 17.5. The van der Waals surface area contributed by atoms with Crippen LogP contribution in [0.5, 0.6) is 0 Å². The van der Waals surface area contributed by atoms with Crippen molar-refractivity contribution in [1.29, 1.82) is 0 Å². The molecule has 0 radical (unpaired) electrons. The number of rotatable bonds is 9. The Bertz CT molecular complexity index is 945. The molecule has 0 aliphatic rings. The van der Waals surface area contributed by atoms with Crippen molar-refractivity contribution in [3.05, 3.63) is 65.7 Å². The fourth-order valence-corrected chi connectivity index (χ4v) is 3.56. The van der Waals surface area contributed by atoms with Crippen LogP contribution in [0.25, 0.3) is 0 Å². The predicted molar refractivity (Wildman–Crippen MR) is 110 cm³/mol. The van der Waals surface area contributed by atoms with Gasteiger partial charge in [-0.2, -0.15) is 0 Å². The number of carbonyl (C=O) groups excluding carboxylic acids is 2. The highest BCUT2D eigenvalue weighted by Gasteiger charge is 2.21. The van der Waals surface area contributed by atoms with E-state index >= 15 is 0 Å². The third kappa shape index (κ3) is 6.13. The number of ether oxygens (including phenoxy) is 1. The molecule has 2 aromatic carbocycles. The highest BCUT2D eigenvalue weighted by molar-refractivity contribution is 7.89. The summed E-state index contributed by atoms with van der Waals surface area (Å²) in [5.41, 5.74) is 1.18. The van der Waals surface area contributed by atoms with Crippen LogP contribution in [0.1, 0.15) is 42.1 Å². The van der Waals surface area contributed by atoms with Gasteiger partial charge in [0.2, 0.25) is 10.0 Å². The van der Waals surface area contributed by atoms with Crippen LogP contribution in [-0.2, 0) is 19.6 Å². The van der Waals surface area contributed by atoms with E-state index in [2.05, 4.69) is 10.0 Å². The molecular formula is C21H26N2O5S. The van der Waals surface area contributed by atoms with E-state index in [9.17, 15) is 18.0 Å². The van der Waals surface area contributed by atoms with Crippen LogP contribution >= 0.6 is 0 Å². The monoisotopic (exact) mass is 418 g/mol. The molecule has 2 rings (SSSR count). The molecule has 156 valence electrons. The Labute approximate surface area is 171 Å². The highest BCUT2D eigenvalue weighted by Crippen LogP contribution is 2.18. The normalized spacial score (nSPS) is 13.3. The van der Waals surface area contributed by atoms with Gasteiger partial charge in [0.15, 0.2) is 6.10 Å². The predicted octanol–water partition coefficient (Wildman–Crippen LogP) is 2.45. The Kier molecular flexibility index (Phi) is 7.92. The lowest BCUT2D eigenvalue weighted by Crippen LogP contribution is -2.38. The number of hydrogen-bond donors (Lipinski definition) is 2. The SMILES string of the molecule is CC[C@@H](CNC(=O)[C@@H](C)OC(=O)c1cccc(S(=O)(=O)NC)c1)c1ccccc1. The van der Waals surface area contributed by atoms with Gasteiger partial charge in [0.05, 0.1) is 10.5 Å². The van der Waals surface area contributed by atoms with E-state index in [-0.39, 0.29) is 16.4 Å². The second kappa shape index (κ2) is 10.2. The molecule has 0 aliphatic heterocycles. The molecule has 0 saturated heterocycles. The summed E-state index contributed by atoms with van der Waals surface area (Å²) in [6.07, 6.45) is -0.161. The summed E-state index contributed by atoms with van der Waals surface area (Å²) in [4.78, 5) is 24.6. The minimum absolute atomic E-state index is 0.0525. The number of benzene rings is 2. The molecule has 0 saturated carbocycles. The van der Waals surface area contributed by atoms with Crippen molar-refractivity contribution < 1.29 is 22.7 Å². The van der Waals surface area contributed by atoms with Gasteiger partial charge < -0.3 is 10.1 Å². The summed E-state index contributed by atoms with van der Waals surface area (Å²) in [6.45, 7) is 3.95. The van der Waals surface area contributed by atoms with Crippen LogP contribution in [0, 0.1) is 0 Å². The molecule has 2 aromatic rings. The molecule has 1 amide bonds. The Morgan fingerprint density at radius 3 is 2.38 bits per heavy atom. The molecular weight excluding hydrogens is 392 g/mol. The lowest BCUT2D eigenvalue weighted by Gasteiger charge is -2.18. The van der Waals surface area contributed by atoms with Crippen LogP contribution in [0.4, 0.5) is 0 Å². The molecule has 2 atom stereocenters. The van der Waals surface area contributed by atoms with Crippen molar-refractivity contribution in [2.24, 2.45) is 0 Å². The first kappa shape index (κ1) is 22.6. The molecule has 2 N–H and O–H groups in total. The van der Waals surface area contributed by atoms with Gasteiger partial charge in [-0.3, -0.25) is 4.79 Å². The van der Waals surface area contributed by atoms with Gasteiger partial charge in [-0.05, 0) is 44.2 Å². The minimum Gasteiger partial charge on any atom is -0.449 e. The van der Waals surface area contributed by atoms with E-state index in [0.717, 1.165) is 12.0 Å². The fraction of sp³-hybridized carbons (Fsp3) is 0.333. The standard InChI is InChI=1S/C21H26N2O5S/c1-4-16(17-9-6-5-7-10-17)14-23-20(24)15(2)28-21(25)18-11-8-12-19(13-18)29(26,27)22-3/h5-13,15-16,22H,4,14H2,1-3H3,(H,23,24)/t15-,16+/m1/s1. The van der Waals surface area contributed by atoms with Crippen LogP contribution in [0.2, 0.25) is 0 Å². The van der Waals surface area contributed by atoms with Gasteiger partial charge in [0.25, 0.3) is 5.91 Å². The first-order chi connectivity index (χ1) is 13.8. The number of carbonyl (C=O) groups is 2. The Hall–Kier alpha value is -2.71. The average molecular weight is 419 g/mol. The van der Waals surface area contributed by atoms with Crippen LogP contribution < -0.4 is 10.0 Å². The minimum atomic E-state index is -3.68. The summed E-state index contributed by atoms with van der Waals surface area (Å²) in [7, 11) is -2.40. The van der Waals surface area contributed by atoms with E-state index in [1.807, 2.05) is 37.3 Å². The zero-order chi connectivity index (χ0) is 21.4. The summed E-state index contributed by atoms with van der Waals surface area (Å²) in [6, 6.07) is 15.3. The molecule has 0 aromatic heterocycles. The Morgan fingerprint density at radius 2 is 1.76 bits per heavy atom. The van der Waals surface area contributed by atoms with Crippen LogP contribution in [0.15, 0.2) is 59.5 Å². The second-order valence-electron chi connectivity index (χ2n) is 6.54. The van der Waals surface area contributed by atoms with Crippen molar-refractivity contribution in [2.75, 3.05) is 13.6 Å². The first-order valence-electron chi connectivity index (χ1n) is 9.35. The molecule has 8 heteroatoms. The maximum absolute atomic E-state index is 12.3. The van der Waals surface area contributed by atoms with Crippen LogP contribution in [-0.4, -0.2) is 40.0 Å². The van der Waals surface area contributed by atoms with Gasteiger partial charge in [-0.1, -0.05) is 43.3 Å². The zero-order valence-electron chi connectivity index (χ0n) is 16.7. The quantitative estimate of drug-likeness (QED) is 0.609. The smallest absolute Gasteiger partial charge is 0.338 e. The molecule has 29 heavy (non-hydrogen) atoms. The van der Waals surface area contributed by atoms with Gasteiger partial charge in [0, 0.05) is 12.5 Å². The van der Waals surface area contributed by atoms with Crippen molar-refractivity contribution in [2.45, 2.75) is 37.2 Å². The van der Waals surface area contributed by atoms with Gasteiger partial charge in [-0.25, -0.2) is 17.9 Å². The molecule has 7 nitrogen and oxygen atoms in total. The number of esters is 1. The van der Waals surface area contributed by atoms with E-state index in [1.165, 1.54) is 38.2 Å². The molecule has 0 heterocycles. The highest BCUT2D eigenvalue weighted by atomic mass is 32.2. The van der Waals surface area contributed by atoms with E-state index in [1.54, 1.807) is 0 Å². The number of hydrogen-bond acceptors (Lipinski definition) is 5. The maximum Gasteiger partial charge on any atom is 0.338 e. The van der Waals surface area contributed by atoms with Crippen molar-refractivity contribution in [3.8, 4) is 0 Å². The largest absolute Gasteiger partial charge is 0.449 e. The number of nitrogens with one attached hydrogen (secondary N) is 2. The number of sulfonamides is 1. The lowest BCUT2D eigenvalue weighted by atomic mass is 9.96. The Morgan fingerprint density at radius 1 is 1.07 bits per heavy atom. The first-order valence-corrected chi connectivity index (χ1v) is 10.8. The second-order valence-corrected chi connectivity index (χ2v) is 8.43. The van der Waals surface area contributed by atoms with E-state index < -0.39 is 28.0 Å². The molecule has 0 unspecified atom stereocenters. The summed E-state index contributed by atoms with van der Waals surface area (Å²) < 4.78 is 31.1. The van der Waals surface area contributed by atoms with Gasteiger partial charge >= 0.3 is 5.97 Å². The molecule has 0 fully saturated rings. The summed E-state index contributed by atoms with van der Waals surface area (Å²) in [5, 5.41) is 2.81. The topological polar surface area (TPSA) is 102 Å². The van der Waals surface area contributed by atoms with E-state index in [4.69, 9.17) is 4.74 Å². The third-order valence-corrected chi connectivity index (χ3v) is 6.00. The molecule has 0 bridgehead atoms. The fourth-order valence-electron chi connectivity index (χ4n) is 2.78. The van der Waals surface area contributed by atoms with E-state index in [0.29, 0.717) is 6.54 Å². The van der Waals surface area contributed by atoms with Crippen molar-refractivity contribution >= 4 is 21.9 Å². The summed E-state index contributed by atoms with van der Waals surface area (Å²) in [5.74, 6) is -1.02. The van der Waals surface area contributed by atoms with Crippen molar-refractivity contribution in [1.82, 2.24) is 10.0 Å². The number of amides is 1. The molecule has 0 spiro atoms. The Balaban J connectivity index is 1.97. The maximum atomic E-state index is 12.3. The third-order valence-electron chi connectivity index (χ3n) is 4.59. The van der Waals surface area contributed by atoms with Gasteiger partial charge in [0.1, 0.15) is 0 Å². The van der Waals surface area contributed by atoms with Gasteiger partial charge in [-0.15, -0.1) is 0 Å². The average Bonchev–Trinajstić information content (AvgIpc) is 2.74. The lowest BCUT2D eigenvalue weighted by molar-refractivity contribution is -0.129. The summed E-state index contributed by atoms with van der Waals surface area (Å²) >= 11 is 0. The van der Waals surface area contributed by atoms with Crippen LogP contribution in [0.3, 0.4) is 0 Å².